The third-order valence-electron chi connectivity index (χ3n) is 6.70. The van der Waals surface area contributed by atoms with Crippen LogP contribution in [0.15, 0.2) is 23.8 Å². The van der Waals surface area contributed by atoms with E-state index in [1.165, 1.54) is 38.5 Å². The number of unbranched alkanes of at least 4 members (excludes halogenated alkanes) is 6. The number of nitrogens with one attached hydrogen (secondary N) is 1. The van der Waals surface area contributed by atoms with Gasteiger partial charge in [0.2, 0.25) is 5.91 Å². The molecule has 5 nitrogen and oxygen atoms in total. The molecule has 0 radical (unpaired) electrons. The van der Waals surface area contributed by atoms with Crippen molar-refractivity contribution in [1.29, 1.82) is 0 Å². The molecule has 0 aromatic heterocycles. The predicted octanol–water partition coefficient (Wildman–Crippen LogP) is 4.61. The van der Waals surface area contributed by atoms with Crippen molar-refractivity contribution >= 4 is 11.9 Å². The van der Waals surface area contributed by atoms with Gasteiger partial charge in [-0.25, -0.2) is 4.79 Å². The molecule has 3 aliphatic rings. The van der Waals surface area contributed by atoms with Gasteiger partial charge < -0.3 is 14.8 Å². The Bertz CT molecular complexity index is 655. The zero-order valence-corrected chi connectivity index (χ0v) is 18.1. The number of rotatable bonds is 9. The second-order valence-electron chi connectivity index (χ2n) is 9.04. The van der Waals surface area contributed by atoms with E-state index in [1.54, 1.807) is 0 Å². The minimum absolute atomic E-state index is 0.0300. The molecule has 1 amide bonds. The van der Waals surface area contributed by atoms with Crippen molar-refractivity contribution in [2.45, 2.75) is 102 Å². The number of hydrogen-bond donors (Lipinski definition) is 1. The Balaban J connectivity index is 1.49. The van der Waals surface area contributed by atoms with Crippen molar-refractivity contribution in [2.24, 2.45) is 5.92 Å². The van der Waals surface area contributed by atoms with Gasteiger partial charge in [-0.3, -0.25) is 4.79 Å². The molecule has 2 fully saturated rings. The van der Waals surface area contributed by atoms with Gasteiger partial charge in [0.05, 0.1) is 5.60 Å². The number of carbonyl (C=O) groups is 2. The van der Waals surface area contributed by atoms with Crippen molar-refractivity contribution < 1.29 is 19.1 Å². The zero-order valence-electron chi connectivity index (χ0n) is 18.1. The molecule has 4 atom stereocenters. The number of hydrogen-bond acceptors (Lipinski definition) is 4. The summed E-state index contributed by atoms with van der Waals surface area (Å²) in [6, 6.07) is 0. The van der Waals surface area contributed by atoms with E-state index in [-0.39, 0.29) is 35.6 Å². The van der Waals surface area contributed by atoms with E-state index in [4.69, 9.17) is 9.47 Å². The zero-order chi connectivity index (χ0) is 20.9. The first kappa shape index (κ1) is 22.1. The molecule has 0 aromatic carbocycles. The van der Waals surface area contributed by atoms with E-state index in [0.29, 0.717) is 18.4 Å². The van der Waals surface area contributed by atoms with Crippen LogP contribution in [0.1, 0.15) is 84.5 Å². The van der Waals surface area contributed by atoms with E-state index < -0.39 is 0 Å². The number of fused-ring (bicyclic) bond motifs is 3. The number of carbonyl (C=O) groups excluding carboxylic acids is 2. The molecule has 0 spiro atoms. The van der Waals surface area contributed by atoms with Crippen molar-refractivity contribution in [3.8, 4) is 0 Å². The number of epoxide rings is 1. The minimum atomic E-state index is -0.314. The van der Waals surface area contributed by atoms with Crippen LogP contribution in [-0.4, -0.2) is 36.2 Å². The van der Waals surface area contributed by atoms with Gasteiger partial charge in [0.1, 0.15) is 12.2 Å². The molecule has 0 aromatic rings. The Hall–Kier alpha value is -1.62. The molecule has 2 aliphatic heterocycles. The molecule has 162 valence electrons. The normalized spacial score (nSPS) is 33.2. The van der Waals surface area contributed by atoms with E-state index in [9.17, 15) is 9.59 Å². The number of amides is 1. The Morgan fingerprint density at radius 2 is 1.97 bits per heavy atom. The predicted molar refractivity (Wildman–Crippen MR) is 113 cm³/mol. The highest BCUT2D eigenvalue weighted by Crippen LogP contribution is 2.49. The maximum absolute atomic E-state index is 12.7. The summed E-state index contributed by atoms with van der Waals surface area (Å²) in [5.74, 6) is -0.347. The van der Waals surface area contributed by atoms with Crippen LogP contribution in [0.25, 0.3) is 0 Å². The van der Waals surface area contributed by atoms with Crippen molar-refractivity contribution in [3.05, 3.63) is 23.8 Å². The fourth-order valence-corrected chi connectivity index (χ4v) is 4.66. The third kappa shape index (κ3) is 5.50. The summed E-state index contributed by atoms with van der Waals surface area (Å²) in [4.78, 5) is 24.7. The maximum Gasteiger partial charge on any atom is 0.334 e. The summed E-state index contributed by atoms with van der Waals surface area (Å²) in [5.41, 5.74) is 1.08. The van der Waals surface area contributed by atoms with Crippen molar-refractivity contribution in [3.63, 3.8) is 0 Å². The van der Waals surface area contributed by atoms with Gasteiger partial charge in [0.25, 0.3) is 0 Å². The maximum atomic E-state index is 12.7. The Morgan fingerprint density at radius 1 is 1.24 bits per heavy atom. The number of esters is 1. The lowest BCUT2D eigenvalue weighted by atomic mass is 9.83. The lowest BCUT2D eigenvalue weighted by Crippen LogP contribution is -2.30. The molecule has 0 bridgehead atoms. The molecule has 29 heavy (non-hydrogen) atoms. The summed E-state index contributed by atoms with van der Waals surface area (Å²) in [6.45, 7) is 8.97. The van der Waals surface area contributed by atoms with Crippen LogP contribution >= 0.6 is 0 Å². The Kier molecular flexibility index (Phi) is 7.55. The Labute approximate surface area is 175 Å². The lowest BCUT2D eigenvalue weighted by molar-refractivity contribution is -0.140. The van der Waals surface area contributed by atoms with Crippen LogP contribution < -0.4 is 5.32 Å². The average Bonchev–Trinajstić information content (AvgIpc) is 3.29. The van der Waals surface area contributed by atoms with Crippen LogP contribution in [0.3, 0.4) is 0 Å². The minimum Gasteiger partial charge on any atom is -0.455 e. The quantitative estimate of drug-likeness (QED) is 0.264. The van der Waals surface area contributed by atoms with Gasteiger partial charge in [0.15, 0.2) is 0 Å². The van der Waals surface area contributed by atoms with Gasteiger partial charge in [-0.05, 0) is 39.0 Å². The van der Waals surface area contributed by atoms with Crippen LogP contribution in [0, 0.1) is 5.92 Å². The van der Waals surface area contributed by atoms with E-state index in [0.717, 1.165) is 31.4 Å². The molecule has 5 heteroatoms. The second-order valence-corrected chi connectivity index (χ2v) is 9.04. The number of allylic oxidation sites excluding steroid dienone is 1. The van der Waals surface area contributed by atoms with Crippen LogP contribution in [0.2, 0.25) is 0 Å². The highest BCUT2D eigenvalue weighted by molar-refractivity contribution is 5.93. The largest absolute Gasteiger partial charge is 0.455 e. The first-order chi connectivity index (χ1) is 14.0. The first-order valence-electron chi connectivity index (χ1n) is 11.5. The van der Waals surface area contributed by atoms with E-state index in [2.05, 4.69) is 31.8 Å². The summed E-state index contributed by atoms with van der Waals surface area (Å²) < 4.78 is 11.5. The molecule has 0 unspecified atom stereocenters. The molecular weight excluding hydrogens is 366 g/mol. The molecule has 2 saturated heterocycles. The number of ether oxygens (including phenoxy) is 2. The van der Waals surface area contributed by atoms with Crippen molar-refractivity contribution in [1.82, 2.24) is 5.32 Å². The summed E-state index contributed by atoms with van der Waals surface area (Å²) in [5, 5.41) is 3.09. The molecule has 1 N–H and O–H groups in total. The molecule has 1 aliphatic carbocycles. The summed E-state index contributed by atoms with van der Waals surface area (Å²) in [6.07, 6.45) is 13.4. The Morgan fingerprint density at radius 3 is 2.72 bits per heavy atom. The standard InChI is InChI=1S/C24H37NO4/c1-4-5-6-7-8-9-10-16-25-22(26)18-12-11-15-24(3)21(29-24)20-19(14-13-18)17(2)23(27)28-20/h12,19-21H,2,4-11,13-16H2,1,3H3,(H,25,26)/b18-12+/t19-,20-,21-,24+/m0/s1. The van der Waals surface area contributed by atoms with Gasteiger partial charge in [0, 0.05) is 23.6 Å². The smallest absolute Gasteiger partial charge is 0.334 e. The summed E-state index contributed by atoms with van der Waals surface area (Å²) >= 11 is 0. The lowest BCUT2D eigenvalue weighted by Gasteiger charge is -2.19. The molecule has 2 heterocycles. The van der Waals surface area contributed by atoms with Crippen LogP contribution in [0.5, 0.6) is 0 Å². The highest BCUT2D eigenvalue weighted by Gasteiger charge is 2.61. The molecule has 3 rings (SSSR count). The highest BCUT2D eigenvalue weighted by atomic mass is 16.6. The fourth-order valence-electron chi connectivity index (χ4n) is 4.66. The average molecular weight is 404 g/mol. The first-order valence-corrected chi connectivity index (χ1v) is 11.5. The van der Waals surface area contributed by atoms with Gasteiger partial charge >= 0.3 is 5.97 Å². The topological polar surface area (TPSA) is 67.9 Å². The van der Waals surface area contributed by atoms with E-state index in [1.807, 2.05) is 0 Å². The van der Waals surface area contributed by atoms with Crippen LogP contribution in [0.4, 0.5) is 0 Å². The monoisotopic (exact) mass is 403 g/mol. The third-order valence-corrected chi connectivity index (χ3v) is 6.70. The van der Waals surface area contributed by atoms with Gasteiger partial charge in [-0.15, -0.1) is 0 Å². The molecular formula is C24H37NO4. The second kappa shape index (κ2) is 9.92. The van der Waals surface area contributed by atoms with Crippen molar-refractivity contribution in [2.75, 3.05) is 6.54 Å². The molecule has 0 saturated carbocycles. The van der Waals surface area contributed by atoms with Crippen LogP contribution in [-0.2, 0) is 19.1 Å². The summed E-state index contributed by atoms with van der Waals surface area (Å²) in [7, 11) is 0. The fraction of sp³-hybridized carbons (Fsp3) is 0.750. The van der Waals surface area contributed by atoms with E-state index >= 15 is 0 Å². The van der Waals surface area contributed by atoms with Gasteiger partial charge in [-0.2, -0.15) is 0 Å². The SMILES string of the molecule is C=C1C(=O)O[C@H]2[C@H]1CC/C(C(=O)NCCCCCCCCC)=C\CC[C@@]1(C)O[C@@H]21. The van der Waals surface area contributed by atoms with Gasteiger partial charge in [-0.1, -0.05) is 58.1 Å².